The highest BCUT2D eigenvalue weighted by Crippen LogP contribution is 2.07. The first kappa shape index (κ1) is 25.8. The first-order valence-corrected chi connectivity index (χ1v) is 9.92. The normalized spacial score (nSPS) is 12.4. The van der Waals surface area contributed by atoms with Crippen molar-refractivity contribution in [2.45, 2.75) is 45.3 Å². The maximum atomic E-state index is 12.2. The van der Waals surface area contributed by atoms with Crippen LogP contribution in [0.2, 0.25) is 0 Å². The largest absolute Gasteiger partial charge is 0.352 e. The number of benzene rings is 1. The Labute approximate surface area is 178 Å². The standard InChI is InChI=1S/C19H28N4OS.2ClH/c1-3-25-10-9-15(2)22-19(24)18(20)11-17-13-23(14-21-17)12-16-7-5-4-6-8-16;;/h4-8,13-15,18H,3,9-12,20H2,1-2H3,(H,22,24);2*1H/t15?,18-;;/m0../s1. The molecule has 1 aromatic heterocycles. The van der Waals surface area contributed by atoms with E-state index in [0.717, 1.165) is 30.2 Å². The van der Waals surface area contributed by atoms with Gasteiger partial charge in [0, 0.05) is 25.2 Å². The summed E-state index contributed by atoms with van der Waals surface area (Å²) >= 11 is 1.88. The van der Waals surface area contributed by atoms with Gasteiger partial charge in [-0.15, -0.1) is 24.8 Å². The zero-order valence-electron chi connectivity index (χ0n) is 15.8. The van der Waals surface area contributed by atoms with Gasteiger partial charge >= 0.3 is 0 Å². The van der Waals surface area contributed by atoms with Crippen molar-refractivity contribution in [2.24, 2.45) is 5.73 Å². The minimum absolute atomic E-state index is 0. The van der Waals surface area contributed by atoms with Gasteiger partial charge in [-0.1, -0.05) is 37.3 Å². The molecule has 0 spiro atoms. The number of nitrogens with one attached hydrogen (secondary N) is 1. The van der Waals surface area contributed by atoms with Crippen molar-refractivity contribution in [1.82, 2.24) is 14.9 Å². The number of halogens is 2. The lowest BCUT2D eigenvalue weighted by atomic mass is 10.1. The van der Waals surface area contributed by atoms with E-state index in [9.17, 15) is 4.79 Å². The second-order valence-corrected chi connectivity index (χ2v) is 7.62. The van der Waals surface area contributed by atoms with Gasteiger partial charge in [-0.05, 0) is 30.4 Å². The molecule has 2 rings (SSSR count). The maximum absolute atomic E-state index is 12.2. The molecule has 0 radical (unpaired) electrons. The second kappa shape index (κ2) is 13.9. The van der Waals surface area contributed by atoms with E-state index in [-0.39, 0.29) is 36.8 Å². The van der Waals surface area contributed by atoms with E-state index in [1.807, 2.05) is 47.6 Å². The molecule has 0 bridgehead atoms. The number of carbonyl (C=O) groups excluding carboxylic acids is 1. The molecule has 2 aromatic rings. The molecule has 0 fully saturated rings. The number of amides is 1. The molecule has 8 heteroatoms. The van der Waals surface area contributed by atoms with E-state index in [1.165, 1.54) is 5.56 Å². The number of hydrogen-bond donors (Lipinski definition) is 2. The topological polar surface area (TPSA) is 72.9 Å². The summed E-state index contributed by atoms with van der Waals surface area (Å²) < 4.78 is 2.01. The predicted molar refractivity (Wildman–Crippen MR) is 119 cm³/mol. The molecule has 1 heterocycles. The molecular weight excluding hydrogens is 403 g/mol. The molecule has 0 saturated carbocycles. The number of imidazole rings is 1. The third kappa shape index (κ3) is 9.51. The summed E-state index contributed by atoms with van der Waals surface area (Å²) in [6, 6.07) is 9.78. The van der Waals surface area contributed by atoms with Gasteiger partial charge in [0.05, 0.1) is 18.1 Å². The monoisotopic (exact) mass is 432 g/mol. The summed E-state index contributed by atoms with van der Waals surface area (Å²) in [5.41, 5.74) is 8.10. The van der Waals surface area contributed by atoms with Gasteiger partial charge < -0.3 is 15.6 Å². The fraction of sp³-hybridized carbons (Fsp3) is 0.474. The lowest BCUT2D eigenvalue weighted by Gasteiger charge is -2.16. The van der Waals surface area contributed by atoms with Gasteiger partial charge in [0.2, 0.25) is 5.91 Å². The van der Waals surface area contributed by atoms with Crippen molar-refractivity contribution in [3.63, 3.8) is 0 Å². The van der Waals surface area contributed by atoms with Gasteiger partial charge in [0.15, 0.2) is 0 Å². The summed E-state index contributed by atoms with van der Waals surface area (Å²) in [5.74, 6) is 2.05. The Morgan fingerprint density at radius 1 is 1.30 bits per heavy atom. The van der Waals surface area contributed by atoms with Crippen LogP contribution in [0.5, 0.6) is 0 Å². The van der Waals surface area contributed by atoms with Crippen molar-refractivity contribution < 1.29 is 4.79 Å². The van der Waals surface area contributed by atoms with E-state index in [2.05, 4.69) is 29.4 Å². The number of nitrogens with zero attached hydrogens (tertiary/aromatic N) is 2. The van der Waals surface area contributed by atoms with Crippen molar-refractivity contribution in [2.75, 3.05) is 11.5 Å². The summed E-state index contributed by atoms with van der Waals surface area (Å²) in [7, 11) is 0. The Morgan fingerprint density at radius 3 is 2.67 bits per heavy atom. The minimum atomic E-state index is -0.568. The molecule has 0 saturated heterocycles. The maximum Gasteiger partial charge on any atom is 0.237 e. The third-order valence-corrected chi connectivity index (χ3v) is 4.88. The van der Waals surface area contributed by atoms with Crippen LogP contribution in [0.15, 0.2) is 42.9 Å². The number of thioether (sulfide) groups is 1. The van der Waals surface area contributed by atoms with Crippen LogP contribution in [-0.4, -0.2) is 39.0 Å². The number of nitrogens with two attached hydrogens (primary N) is 1. The van der Waals surface area contributed by atoms with Gasteiger partial charge in [0.25, 0.3) is 0 Å². The quantitative estimate of drug-likeness (QED) is 0.564. The first-order valence-electron chi connectivity index (χ1n) is 8.76. The summed E-state index contributed by atoms with van der Waals surface area (Å²) in [6.07, 6.45) is 5.16. The average Bonchev–Trinajstić information content (AvgIpc) is 3.02. The van der Waals surface area contributed by atoms with Crippen LogP contribution >= 0.6 is 36.6 Å². The van der Waals surface area contributed by atoms with Crippen LogP contribution in [0.1, 0.15) is 31.5 Å². The van der Waals surface area contributed by atoms with E-state index in [4.69, 9.17) is 5.73 Å². The molecule has 1 aromatic carbocycles. The smallest absolute Gasteiger partial charge is 0.237 e. The van der Waals surface area contributed by atoms with Crippen LogP contribution in [0.4, 0.5) is 0 Å². The highest BCUT2D eigenvalue weighted by Gasteiger charge is 2.17. The number of carbonyl (C=O) groups is 1. The van der Waals surface area contributed by atoms with Gasteiger partial charge in [-0.2, -0.15) is 11.8 Å². The fourth-order valence-corrected chi connectivity index (χ4v) is 3.35. The van der Waals surface area contributed by atoms with E-state index in [0.29, 0.717) is 6.42 Å². The zero-order chi connectivity index (χ0) is 18.1. The molecule has 0 aliphatic heterocycles. The minimum Gasteiger partial charge on any atom is -0.352 e. The Morgan fingerprint density at radius 2 is 2.00 bits per heavy atom. The van der Waals surface area contributed by atoms with Crippen LogP contribution in [0, 0.1) is 0 Å². The van der Waals surface area contributed by atoms with Gasteiger partial charge in [-0.3, -0.25) is 4.79 Å². The molecular formula is C19H30Cl2N4OS. The molecule has 1 amide bonds. The van der Waals surface area contributed by atoms with Crippen molar-refractivity contribution >= 4 is 42.5 Å². The summed E-state index contributed by atoms with van der Waals surface area (Å²) in [6.45, 7) is 4.93. The SMILES string of the molecule is CCSCCC(C)NC(=O)[C@@H](N)Cc1cn(Cc2ccccc2)cn1.Cl.Cl. The number of aromatic nitrogens is 2. The highest BCUT2D eigenvalue weighted by molar-refractivity contribution is 7.99. The molecule has 3 N–H and O–H groups in total. The highest BCUT2D eigenvalue weighted by atomic mass is 35.5. The molecule has 1 unspecified atom stereocenters. The van der Waals surface area contributed by atoms with E-state index >= 15 is 0 Å². The first-order chi connectivity index (χ1) is 12.1. The molecule has 5 nitrogen and oxygen atoms in total. The van der Waals surface area contributed by atoms with Crippen LogP contribution in [0.3, 0.4) is 0 Å². The van der Waals surface area contributed by atoms with Crippen molar-refractivity contribution in [3.05, 3.63) is 54.1 Å². The Hall–Kier alpha value is -1.21. The molecule has 0 aliphatic carbocycles. The fourth-order valence-electron chi connectivity index (χ4n) is 2.54. The molecule has 0 aliphatic rings. The van der Waals surface area contributed by atoms with Crippen molar-refractivity contribution in [1.29, 1.82) is 0 Å². The van der Waals surface area contributed by atoms with E-state index in [1.54, 1.807) is 6.33 Å². The predicted octanol–water partition coefficient (Wildman–Crippen LogP) is 3.29. The Balaban J connectivity index is 0.00000338. The molecule has 152 valence electrons. The zero-order valence-corrected chi connectivity index (χ0v) is 18.3. The van der Waals surface area contributed by atoms with Crippen LogP contribution < -0.4 is 11.1 Å². The number of hydrogen-bond acceptors (Lipinski definition) is 4. The summed E-state index contributed by atoms with van der Waals surface area (Å²) in [4.78, 5) is 16.6. The average molecular weight is 433 g/mol. The van der Waals surface area contributed by atoms with Gasteiger partial charge in [-0.25, -0.2) is 4.98 Å². The summed E-state index contributed by atoms with van der Waals surface area (Å²) in [5, 5.41) is 2.99. The van der Waals surface area contributed by atoms with Crippen LogP contribution in [-0.2, 0) is 17.8 Å². The van der Waals surface area contributed by atoms with Gasteiger partial charge in [0.1, 0.15) is 0 Å². The number of rotatable bonds is 10. The molecule has 2 atom stereocenters. The third-order valence-electron chi connectivity index (χ3n) is 3.95. The molecule has 27 heavy (non-hydrogen) atoms. The van der Waals surface area contributed by atoms with Crippen LogP contribution in [0.25, 0.3) is 0 Å². The lowest BCUT2D eigenvalue weighted by molar-refractivity contribution is -0.122. The lowest BCUT2D eigenvalue weighted by Crippen LogP contribution is -2.45. The second-order valence-electron chi connectivity index (χ2n) is 6.23. The Bertz CT molecular complexity index is 654. The van der Waals surface area contributed by atoms with Crippen molar-refractivity contribution in [3.8, 4) is 0 Å². The Kier molecular flexibility index (Phi) is 13.3. The van der Waals surface area contributed by atoms with E-state index < -0.39 is 6.04 Å².